The molecule has 0 aromatic carbocycles. The quantitative estimate of drug-likeness (QED) is 0.707. The Labute approximate surface area is 89.3 Å². The van der Waals surface area contributed by atoms with Gasteiger partial charge in [0.25, 0.3) is 5.91 Å². The van der Waals surface area contributed by atoms with Crippen LogP contribution in [-0.2, 0) is 9.59 Å². The van der Waals surface area contributed by atoms with Gasteiger partial charge in [-0.1, -0.05) is 13.8 Å². The van der Waals surface area contributed by atoms with Crippen LogP contribution in [0.25, 0.3) is 0 Å². The molecule has 1 heterocycles. The van der Waals surface area contributed by atoms with Crippen LogP contribution in [0, 0.1) is 5.92 Å². The SMILES string of the molecule is CC(C)CCNC(=O)C1=NNC(=O)CC1. The predicted molar refractivity (Wildman–Crippen MR) is 57.3 cm³/mol. The minimum Gasteiger partial charge on any atom is -0.351 e. The fourth-order valence-electron chi connectivity index (χ4n) is 1.21. The molecular weight excluding hydrogens is 194 g/mol. The van der Waals surface area contributed by atoms with E-state index in [0.717, 1.165) is 6.42 Å². The van der Waals surface area contributed by atoms with Gasteiger partial charge in [0, 0.05) is 19.4 Å². The van der Waals surface area contributed by atoms with E-state index < -0.39 is 0 Å². The molecule has 0 radical (unpaired) electrons. The highest BCUT2D eigenvalue weighted by Crippen LogP contribution is 2.00. The van der Waals surface area contributed by atoms with Crippen molar-refractivity contribution in [2.24, 2.45) is 11.0 Å². The average molecular weight is 211 g/mol. The Kier molecular flexibility index (Phi) is 4.27. The van der Waals surface area contributed by atoms with Crippen molar-refractivity contribution in [3.8, 4) is 0 Å². The van der Waals surface area contributed by atoms with Gasteiger partial charge in [-0.05, 0) is 12.3 Å². The van der Waals surface area contributed by atoms with Crippen LogP contribution in [0.3, 0.4) is 0 Å². The topological polar surface area (TPSA) is 70.6 Å². The van der Waals surface area contributed by atoms with Crippen molar-refractivity contribution < 1.29 is 9.59 Å². The fourth-order valence-corrected chi connectivity index (χ4v) is 1.21. The van der Waals surface area contributed by atoms with E-state index in [9.17, 15) is 9.59 Å². The Morgan fingerprint density at radius 3 is 2.80 bits per heavy atom. The van der Waals surface area contributed by atoms with E-state index in [1.807, 2.05) is 0 Å². The zero-order valence-electron chi connectivity index (χ0n) is 9.17. The lowest BCUT2D eigenvalue weighted by molar-refractivity contribution is -0.121. The lowest BCUT2D eigenvalue weighted by Gasteiger charge is -2.12. The Morgan fingerprint density at radius 2 is 2.27 bits per heavy atom. The second kappa shape index (κ2) is 5.48. The molecule has 1 rings (SSSR count). The predicted octanol–water partition coefficient (Wildman–Crippen LogP) is 0.415. The van der Waals surface area contributed by atoms with E-state index in [4.69, 9.17) is 0 Å². The molecule has 2 amide bonds. The lowest BCUT2D eigenvalue weighted by Crippen LogP contribution is -2.37. The molecule has 0 spiro atoms. The molecule has 15 heavy (non-hydrogen) atoms. The van der Waals surface area contributed by atoms with Crippen molar-refractivity contribution in [1.29, 1.82) is 0 Å². The summed E-state index contributed by atoms with van der Waals surface area (Å²) < 4.78 is 0. The van der Waals surface area contributed by atoms with Crippen molar-refractivity contribution in [2.45, 2.75) is 33.1 Å². The maximum Gasteiger partial charge on any atom is 0.267 e. The molecule has 5 nitrogen and oxygen atoms in total. The summed E-state index contributed by atoms with van der Waals surface area (Å²) in [6.07, 6.45) is 1.72. The minimum atomic E-state index is -0.171. The zero-order valence-corrected chi connectivity index (χ0v) is 9.17. The molecule has 0 unspecified atom stereocenters. The number of hydrogen-bond donors (Lipinski definition) is 2. The van der Waals surface area contributed by atoms with E-state index in [1.165, 1.54) is 0 Å². The highest BCUT2D eigenvalue weighted by Gasteiger charge is 2.17. The average Bonchev–Trinajstić information content (AvgIpc) is 2.18. The highest BCUT2D eigenvalue weighted by atomic mass is 16.2. The summed E-state index contributed by atoms with van der Waals surface area (Å²) >= 11 is 0. The minimum absolute atomic E-state index is 0.131. The standard InChI is InChI=1S/C10H17N3O2/c1-7(2)5-6-11-10(15)8-3-4-9(14)13-12-8/h7H,3-6H2,1-2H3,(H,11,15)(H,13,14). The van der Waals surface area contributed by atoms with E-state index >= 15 is 0 Å². The molecule has 0 aliphatic carbocycles. The Balaban J connectivity index is 2.31. The van der Waals surface area contributed by atoms with Crippen LogP contribution in [0.1, 0.15) is 33.1 Å². The fraction of sp³-hybridized carbons (Fsp3) is 0.700. The molecule has 0 aromatic heterocycles. The van der Waals surface area contributed by atoms with E-state index in [-0.39, 0.29) is 11.8 Å². The van der Waals surface area contributed by atoms with Crippen LogP contribution in [0.15, 0.2) is 5.10 Å². The normalized spacial score (nSPS) is 15.9. The summed E-state index contributed by atoms with van der Waals surface area (Å²) in [5.74, 6) is 0.266. The second-order valence-corrected chi connectivity index (χ2v) is 4.03. The molecular formula is C10H17N3O2. The number of carbonyl (C=O) groups excluding carboxylic acids is 2. The van der Waals surface area contributed by atoms with Gasteiger partial charge in [-0.25, -0.2) is 5.43 Å². The molecule has 5 heteroatoms. The molecule has 1 aliphatic heterocycles. The first-order valence-corrected chi connectivity index (χ1v) is 5.23. The monoisotopic (exact) mass is 211 g/mol. The highest BCUT2D eigenvalue weighted by molar-refractivity contribution is 6.39. The molecule has 0 aromatic rings. The summed E-state index contributed by atoms with van der Waals surface area (Å²) in [4.78, 5) is 22.3. The van der Waals surface area contributed by atoms with Gasteiger partial charge in [-0.2, -0.15) is 5.10 Å². The second-order valence-electron chi connectivity index (χ2n) is 4.03. The third-order valence-corrected chi connectivity index (χ3v) is 2.17. The lowest BCUT2D eigenvalue weighted by atomic mass is 10.1. The van der Waals surface area contributed by atoms with Gasteiger partial charge in [0.05, 0.1) is 0 Å². The molecule has 1 aliphatic rings. The van der Waals surface area contributed by atoms with Crippen LogP contribution in [0.5, 0.6) is 0 Å². The third-order valence-electron chi connectivity index (χ3n) is 2.17. The van der Waals surface area contributed by atoms with Gasteiger partial charge >= 0.3 is 0 Å². The largest absolute Gasteiger partial charge is 0.351 e. The van der Waals surface area contributed by atoms with Gasteiger partial charge in [0.1, 0.15) is 5.71 Å². The molecule has 2 N–H and O–H groups in total. The Morgan fingerprint density at radius 1 is 1.53 bits per heavy atom. The zero-order chi connectivity index (χ0) is 11.3. The van der Waals surface area contributed by atoms with Gasteiger partial charge < -0.3 is 5.32 Å². The maximum absolute atomic E-state index is 11.5. The van der Waals surface area contributed by atoms with Gasteiger partial charge in [-0.15, -0.1) is 0 Å². The molecule has 84 valence electrons. The number of hydrogen-bond acceptors (Lipinski definition) is 3. The van der Waals surface area contributed by atoms with Crippen LogP contribution < -0.4 is 10.7 Å². The van der Waals surface area contributed by atoms with Crippen molar-refractivity contribution >= 4 is 17.5 Å². The summed E-state index contributed by atoms with van der Waals surface area (Å²) in [6.45, 7) is 4.86. The van der Waals surface area contributed by atoms with Crippen molar-refractivity contribution in [1.82, 2.24) is 10.7 Å². The van der Waals surface area contributed by atoms with Crippen molar-refractivity contribution in [2.75, 3.05) is 6.54 Å². The van der Waals surface area contributed by atoms with Gasteiger partial charge in [0.2, 0.25) is 5.91 Å². The first kappa shape index (κ1) is 11.7. The summed E-state index contributed by atoms with van der Waals surface area (Å²) in [5, 5.41) is 6.49. The van der Waals surface area contributed by atoms with Gasteiger partial charge in [0.15, 0.2) is 0 Å². The van der Waals surface area contributed by atoms with Crippen LogP contribution in [0.2, 0.25) is 0 Å². The number of nitrogens with zero attached hydrogens (tertiary/aromatic N) is 1. The number of carbonyl (C=O) groups is 2. The van der Waals surface area contributed by atoms with E-state index in [0.29, 0.717) is 31.0 Å². The number of hydrazone groups is 1. The van der Waals surface area contributed by atoms with Gasteiger partial charge in [-0.3, -0.25) is 9.59 Å². The molecule has 0 atom stereocenters. The smallest absolute Gasteiger partial charge is 0.267 e. The van der Waals surface area contributed by atoms with Crippen molar-refractivity contribution in [3.05, 3.63) is 0 Å². The number of rotatable bonds is 4. The summed E-state index contributed by atoms with van der Waals surface area (Å²) in [5.41, 5.74) is 2.72. The van der Waals surface area contributed by atoms with E-state index in [1.54, 1.807) is 0 Å². The van der Waals surface area contributed by atoms with Crippen LogP contribution in [0.4, 0.5) is 0 Å². The first-order chi connectivity index (χ1) is 7.09. The van der Waals surface area contributed by atoms with Crippen LogP contribution in [-0.4, -0.2) is 24.1 Å². The Hall–Kier alpha value is -1.39. The number of amides is 2. The molecule has 0 saturated carbocycles. The van der Waals surface area contributed by atoms with E-state index in [2.05, 4.69) is 29.7 Å². The maximum atomic E-state index is 11.5. The summed E-state index contributed by atoms with van der Waals surface area (Å²) in [6, 6.07) is 0. The van der Waals surface area contributed by atoms with Crippen LogP contribution >= 0.6 is 0 Å². The number of nitrogens with one attached hydrogen (secondary N) is 2. The Bertz CT molecular complexity index is 284. The first-order valence-electron chi connectivity index (χ1n) is 5.23. The van der Waals surface area contributed by atoms with Crippen molar-refractivity contribution in [3.63, 3.8) is 0 Å². The third kappa shape index (κ3) is 4.10. The molecule has 0 saturated heterocycles. The molecule has 0 bridgehead atoms. The summed E-state index contributed by atoms with van der Waals surface area (Å²) in [7, 11) is 0. The molecule has 0 fully saturated rings.